The zero-order chi connectivity index (χ0) is 47.9. The van der Waals surface area contributed by atoms with E-state index < -0.39 is 118 Å². The zero-order valence-electron chi connectivity index (χ0n) is 35.1. The number of hydrogen-bond donors (Lipinski definition) is 6. The van der Waals surface area contributed by atoms with Crippen LogP contribution >= 0.6 is 7.82 Å². The predicted octanol–water partition coefficient (Wildman–Crippen LogP) is 2.85. The molecule has 6 amide bonds. The van der Waals surface area contributed by atoms with Crippen molar-refractivity contribution in [3.63, 3.8) is 0 Å². The van der Waals surface area contributed by atoms with Crippen molar-refractivity contribution in [2.24, 2.45) is 17.4 Å². The van der Waals surface area contributed by atoms with Crippen LogP contribution in [0.25, 0.3) is 0 Å². The molecule has 0 radical (unpaired) electrons. The maximum atomic E-state index is 15.1. The number of benzene rings is 3. The van der Waals surface area contributed by atoms with Crippen LogP contribution in [0, 0.1) is 16.0 Å². The Morgan fingerprint density at radius 1 is 0.738 bits per heavy atom. The maximum absolute atomic E-state index is 15.1. The van der Waals surface area contributed by atoms with Crippen molar-refractivity contribution in [2.45, 2.75) is 70.2 Å². The average Bonchev–Trinajstić information content (AvgIpc) is 3.28. The van der Waals surface area contributed by atoms with Crippen LogP contribution in [-0.4, -0.2) is 110 Å². The fraction of sp³-hybridized carbons (Fsp3) is 0.390. The van der Waals surface area contributed by atoms with Crippen LogP contribution in [0.4, 0.5) is 15.3 Å². The minimum Gasteiger partial charge on any atom is -0.480 e. The quantitative estimate of drug-likeness (QED) is 0.0222. The Morgan fingerprint density at radius 2 is 1.25 bits per heavy atom. The van der Waals surface area contributed by atoms with Gasteiger partial charge in [0.25, 0.3) is 5.91 Å². The third-order valence-electron chi connectivity index (χ3n) is 9.37. The number of aliphatic carboxylic acids is 1. The summed E-state index contributed by atoms with van der Waals surface area (Å²) in [7, 11) is -5.35. The molecule has 3 atom stereocenters. The Hall–Kier alpha value is -6.62. The number of unbranched alkanes of at least 4 members (excludes halogenated alkanes) is 3. The molecule has 0 heterocycles. The number of rotatable bonds is 26. The summed E-state index contributed by atoms with van der Waals surface area (Å²) in [5.74, 6) is -10.3. The van der Waals surface area contributed by atoms with Crippen LogP contribution in [-0.2, 0) is 55.7 Å². The van der Waals surface area contributed by atoms with E-state index in [0.29, 0.717) is 33.8 Å². The summed E-state index contributed by atoms with van der Waals surface area (Å²) >= 11 is 0. The van der Waals surface area contributed by atoms with E-state index in [1.807, 2.05) is 5.32 Å². The number of nitro groups is 1. The zero-order valence-corrected chi connectivity index (χ0v) is 36.0. The Morgan fingerprint density at radius 3 is 1.72 bits per heavy atom. The molecule has 0 saturated carbocycles. The van der Waals surface area contributed by atoms with Gasteiger partial charge >= 0.3 is 31.9 Å². The number of nitrogens with zero attached hydrogens (tertiary/aromatic N) is 4. The molecule has 0 aliphatic heterocycles. The highest BCUT2D eigenvalue weighted by atomic mass is 31.2. The number of hydrogen-bond acceptors (Lipinski definition) is 15. The third kappa shape index (κ3) is 17.5. The van der Waals surface area contributed by atoms with Gasteiger partial charge in [-0.15, -0.1) is 0 Å². The SMILES string of the molecule is NCCCCCC(=O)N(CC(C(=O)N[C@@H](COP(=O)(O)O)C(=O)O)C(=O)N(c1ccccc1)[N+](=O)[O-])C(=O)[C@H](CCCCN)N(C(=O)OCc1ccccc1)C(=O)OCc1ccccc1. The van der Waals surface area contributed by atoms with Gasteiger partial charge in [0.05, 0.1) is 6.61 Å². The van der Waals surface area contributed by atoms with E-state index in [9.17, 15) is 58.3 Å². The van der Waals surface area contributed by atoms with Gasteiger partial charge in [-0.1, -0.05) is 85.3 Å². The summed E-state index contributed by atoms with van der Waals surface area (Å²) in [6.45, 7) is -3.24. The number of amides is 6. The summed E-state index contributed by atoms with van der Waals surface area (Å²) in [6, 6.07) is 18.5. The van der Waals surface area contributed by atoms with Crippen molar-refractivity contribution >= 4 is 55.3 Å². The first-order chi connectivity index (χ1) is 31.0. The Balaban J connectivity index is 2.23. The lowest BCUT2D eigenvalue weighted by molar-refractivity contribution is -0.484. The number of nitrogens with two attached hydrogens (primary N) is 2. The van der Waals surface area contributed by atoms with Crippen molar-refractivity contribution in [3.05, 3.63) is 112 Å². The number of carboxylic acid groups (broad SMARTS) is 1. The van der Waals surface area contributed by atoms with Gasteiger partial charge in [0.15, 0.2) is 11.1 Å². The highest BCUT2D eigenvalue weighted by Crippen LogP contribution is 2.35. The topological polar surface area (TPSA) is 342 Å². The van der Waals surface area contributed by atoms with E-state index in [2.05, 4.69) is 4.52 Å². The fourth-order valence-corrected chi connectivity index (χ4v) is 6.42. The molecule has 24 heteroatoms. The van der Waals surface area contributed by atoms with E-state index in [0.717, 1.165) is 12.1 Å². The van der Waals surface area contributed by atoms with Crippen molar-refractivity contribution in [1.29, 1.82) is 0 Å². The molecule has 0 aromatic heterocycles. The minimum absolute atomic E-state index is 0.0334. The second-order valence-electron chi connectivity index (χ2n) is 14.2. The van der Waals surface area contributed by atoms with E-state index >= 15 is 4.79 Å². The molecular weight excluding hydrogens is 877 g/mol. The number of carbonyl (C=O) groups excluding carboxylic acids is 6. The van der Waals surface area contributed by atoms with Gasteiger partial charge in [-0.2, -0.15) is 4.90 Å². The molecule has 0 fully saturated rings. The first-order valence-electron chi connectivity index (χ1n) is 20.2. The number of hydrazine groups is 1. The Labute approximate surface area is 372 Å². The molecule has 8 N–H and O–H groups in total. The number of ether oxygens (including phenoxy) is 2. The number of imide groups is 2. The van der Waals surface area contributed by atoms with Crippen molar-refractivity contribution in [2.75, 3.05) is 31.3 Å². The molecule has 352 valence electrons. The second-order valence-corrected chi connectivity index (χ2v) is 15.4. The second kappa shape index (κ2) is 26.9. The fourth-order valence-electron chi connectivity index (χ4n) is 6.07. The lowest BCUT2D eigenvalue weighted by Gasteiger charge is -2.33. The maximum Gasteiger partial charge on any atom is 0.469 e. The van der Waals surface area contributed by atoms with Gasteiger partial charge in [-0.3, -0.25) is 28.6 Å². The molecule has 3 aromatic carbocycles. The predicted molar refractivity (Wildman–Crippen MR) is 228 cm³/mol. The minimum atomic E-state index is -5.35. The summed E-state index contributed by atoms with van der Waals surface area (Å²) in [5, 5.41) is 22.8. The number of nitrogens with one attached hydrogen (secondary N) is 1. The van der Waals surface area contributed by atoms with Crippen LogP contribution in [0.15, 0.2) is 91.0 Å². The van der Waals surface area contributed by atoms with E-state index in [1.165, 1.54) is 18.2 Å². The molecule has 0 aliphatic rings. The van der Waals surface area contributed by atoms with Crippen LogP contribution < -0.4 is 21.8 Å². The van der Waals surface area contributed by atoms with Crippen molar-refractivity contribution in [1.82, 2.24) is 15.1 Å². The van der Waals surface area contributed by atoms with E-state index in [4.69, 9.17) is 20.9 Å². The Bertz CT molecular complexity index is 2060. The van der Waals surface area contributed by atoms with Crippen LogP contribution in [0.5, 0.6) is 0 Å². The molecule has 65 heavy (non-hydrogen) atoms. The van der Waals surface area contributed by atoms with Gasteiger partial charge in [0.2, 0.25) is 11.8 Å². The standard InChI is InChI=1S/C41H52N7O16P/c42-23-13-4-11-22-35(49)45(25-32(36(50)44-33(39(53)54)28-64-65(59,60)61)37(51)47(48(57)58)31-19-9-3-10-20-31)38(52)34(21-12-14-24-43)46(40(55)62-26-29-15-5-1-6-16-29)41(56)63-27-30-17-7-2-8-18-30/h1-3,5-10,15-20,32-34H,4,11-14,21-28,42-43H2,(H,44,50)(H,53,54)(H2,59,60,61)/t32?,33-,34-/m0/s1. The smallest absolute Gasteiger partial charge is 0.469 e. The number of phosphoric acid groups is 1. The molecule has 3 rings (SSSR count). The van der Waals surface area contributed by atoms with Crippen molar-refractivity contribution in [3.8, 4) is 0 Å². The first kappa shape index (κ1) is 52.7. The number of phosphoric ester groups is 1. The lowest BCUT2D eigenvalue weighted by atomic mass is 10.0. The summed E-state index contributed by atoms with van der Waals surface area (Å²) in [6.07, 6.45) is -2.57. The molecule has 1 unspecified atom stereocenters. The number of anilines is 1. The molecule has 0 bridgehead atoms. The van der Waals surface area contributed by atoms with Gasteiger partial charge < -0.3 is 41.2 Å². The number of para-hydroxylation sites is 1. The molecule has 3 aromatic rings. The summed E-state index contributed by atoms with van der Waals surface area (Å²) in [5.41, 5.74) is 11.9. The van der Waals surface area contributed by atoms with Crippen LogP contribution in [0.1, 0.15) is 56.1 Å². The average molecular weight is 930 g/mol. The van der Waals surface area contributed by atoms with Gasteiger partial charge in [0.1, 0.15) is 30.9 Å². The number of carbonyl (C=O) groups is 7. The van der Waals surface area contributed by atoms with Gasteiger partial charge in [0, 0.05) is 13.0 Å². The normalized spacial score (nSPS) is 12.4. The highest BCUT2D eigenvalue weighted by Gasteiger charge is 2.46. The molecular formula is C41H52N7O16P. The molecule has 23 nitrogen and oxygen atoms in total. The third-order valence-corrected chi connectivity index (χ3v) is 9.86. The molecule has 0 spiro atoms. The van der Waals surface area contributed by atoms with E-state index in [1.54, 1.807) is 60.7 Å². The largest absolute Gasteiger partial charge is 0.480 e. The van der Waals surface area contributed by atoms with E-state index in [-0.39, 0.29) is 37.4 Å². The summed E-state index contributed by atoms with van der Waals surface area (Å²) < 4.78 is 26.6. The van der Waals surface area contributed by atoms with Gasteiger partial charge in [-0.05, 0) is 73.5 Å². The van der Waals surface area contributed by atoms with Crippen LogP contribution in [0.3, 0.4) is 0 Å². The lowest BCUT2D eigenvalue weighted by Crippen LogP contribution is -2.59. The highest BCUT2D eigenvalue weighted by molar-refractivity contribution is 7.46. The number of carboxylic acids is 1. The first-order valence-corrected chi connectivity index (χ1v) is 21.7. The van der Waals surface area contributed by atoms with Crippen LogP contribution in [0.2, 0.25) is 0 Å². The summed E-state index contributed by atoms with van der Waals surface area (Å²) in [4.78, 5) is 130. The monoisotopic (exact) mass is 929 g/mol. The van der Waals surface area contributed by atoms with Gasteiger partial charge in [-0.25, -0.2) is 29.1 Å². The Kier molecular flexibility index (Phi) is 21.8. The molecule has 0 saturated heterocycles. The molecule has 0 aliphatic carbocycles. The van der Waals surface area contributed by atoms with Crippen molar-refractivity contribution < 1.29 is 72.0 Å².